The lowest BCUT2D eigenvalue weighted by atomic mass is 10.1. The number of rotatable bonds is 6. The number of hydrogen-bond donors (Lipinski definition) is 2. The Labute approximate surface area is 142 Å². The molecule has 5 nitrogen and oxygen atoms in total. The summed E-state index contributed by atoms with van der Waals surface area (Å²) in [6.07, 6.45) is 0. The quantitative estimate of drug-likeness (QED) is 0.857. The molecule has 2 aromatic rings. The number of hydrogen-bond acceptors (Lipinski definition) is 3. The number of carbonyl (C=O) groups is 1. The summed E-state index contributed by atoms with van der Waals surface area (Å²) < 4.78 is 5.13. The Bertz CT molecular complexity index is 671. The van der Waals surface area contributed by atoms with Gasteiger partial charge in [-0.3, -0.25) is 0 Å². The standard InChI is InChI=1S/C19H24N2O3/c1-14-6-4-5-7-16(14)12-20-19(23)21(2)18(13-22)15-8-10-17(24-3)11-9-15/h4-11,18,22H,12-13H2,1-3H3,(H,20,23). The molecule has 5 heteroatoms. The number of aliphatic hydroxyl groups excluding tert-OH is 1. The van der Waals surface area contributed by atoms with Crippen LogP contribution in [-0.4, -0.2) is 36.8 Å². The Morgan fingerprint density at radius 1 is 1.21 bits per heavy atom. The van der Waals surface area contributed by atoms with E-state index in [0.717, 1.165) is 22.4 Å². The number of methoxy groups -OCH3 is 1. The molecule has 128 valence electrons. The van der Waals surface area contributed by atoms with E-state index in [1.54, 1.807) is 14.2 Å². The number of amides is 2. The minimum absolute atomic E-state index is 0.152. The Morgan fingerprint density at radius 2 is 1.88 bits per heavy atom. The summed E-state index contributed by atoms with van der Waals surface area (Å²) in [4.78, 5) is 13.9. The van der Waals surface area contributed by atoms with Crippen molar-refractivity contribution in [3.63, 3.8) is 0 Å². The zero-order valence-electron chi connectivity index (χ0n) is 14.3. The zero-order valence-corrected chi connectivity index (χ0v) is 14.3. The van der Waals surface area contributed by atoms with Crippen LogP contribution in [0.3, 0.4) is 0 Å². The summed E-state index contributed by atoms with van der Waals surface area (Å²) >= 11 is 0. The van der Waals surface area contributed by atoms with E-state index in [4.69, 9.17) is 4.74 Å². The molecule has 1 unspecified atom stereocenters. The predicted octanol–water partition coefficient (Wildman–Crippen LogP) is 2.88. The molecule has 2 N–H and O–H groups in total. The molecule has 2 rings (SSSR count). The van der Waals surface area contributed by atoms with E-state index in [-0.39, 0.29) is 12.6 Å². The third-order valence-corrected chi connectivity index (χ3v) is 4.15. The van der Waals surface area contributed by atoms with Crippen molar-refractivity contribution < 1.29 is 14.6 Å². The Kier molecular flexibility index (Phi) is 6.21. The van der Waals surface area contributed by atoms with Crippen LogP contribution >= 0.6 is 0 Å². The molecule has 0 fully saturated rings. The lowest BCUT2D eigenvalue weighted by molar-refractivity contribution is 0.149. The van der Waals surface area contributed by atoms with Gasteiger partial charge < -0.3 is 20.1 Å². The van der Waals surface area contributed by atoms with Gasteiger partial charge in [0.1, 0.15) is 5.75 Å². The van der Waals surface area contributed by atoms with Crippen molar-refractivity contribution in [3.05, 3.63) is 65.2 Å². The van der Waals surface area contributed by atoms with Crippen LogP contribution in [0.25, 0.3) is 0 Å². The molecule has 0 aromatic heterocycles. The minimum Gasteiger partial charge on any atom is -0.497 e. The molecule has 1 atom stereocenters. The maximum atomic E-state index is 12.4. The molecular weight excluding hydrogens is 304 g/mol. The van der Waals surface area contributed by atoms with Crippen LogP contribution in [0.2, 0.25) is 0 Å². The number of nitrogens with zero attached hydrogens (tertiary/aromatic N) is 1. The van der Waals surface area contributed by atoms with Gasteiger partial charge in [-0.1, -0.05) is 36.4 Å². The van der Waals surface area contributed by atoms with Gasteiger partial charge in [0.05, 0.1) is 19.8 Å². The third-order valence-electron chi connectivity index (χ3n) is 4.15. The van der Waals surface area contributed by atoms with Crippen LogP contribution in [0.15, 0.2) is 48.5 Å². The van der Waals surface area contributed by atoms with Gasteiger partial charge in [0.15, 0.2) is 0 Å². The average Bonchev–Trinajstić information content (AvgIpc) is 2.62. The minimum atomic E-state index is -0.409. The number of likely N-dealkylation sites (N-methyl/N-ethyl adjacent to an activating group) is 1. The van der Waals surface area contributed by atoms with Crippen LogP contribution in [-0.2, 0) is 6.54 Å². The second-order valence-electron chi connectivity index (χ2n) is 5.67. The van der Waals surface area contributed by atoms with Crippen molar-refractivity contribution in [2.75, 3.05) is 20.8 Å². The predicted molar refractivity (Wildman–Crippen MR) is 94.0 cm³/mol. The largest absolute Gasteiger partial charge is 0.497 e. The molecule has 0 bridgehead atoms. The molecule has 0 radical (unpaired) electrons. The van der Waals surface area contributed by atoms with Crippen molar-refractivity contribution in [3.8, 4) is 5.75 Å². The maximum absolute atomic E-state index is 12.4. The average molecular weight is 328 g/mol. The molecule has 2 aromatic carbocycles. The molecule has 0 aliphatic carbocycles. The number of aliphatic hydroxyl groups is 1. The second kappa shape index (κ2) is 8.36. The highest BCUT2D eigenvalue weighted by atomic mass is 16.5. The van der Waals surface area contributed by atoms with Gasteiger partial charge in [0.25, 0.3) is 0 Å². The first kappa shape index (κ1) is 17.8. The molecule has 0 saturated heterocycles. The van der Waals surface area contributed by atoms with E-state index in [9.17, 15) is 9.90 Å². The first-order chi connectivity index (χ1) is 11.6. The monoisotopic (exact) mass is 328 g/mol. The van der Waals surface area contributed by atoms with Gasteiger partial charge in [0, 0.05) is 13.6 Å². The van der Waals surface area contributed by atoms with Crippen LogP contribution < -0.4 is 10.1 Å². The Morgan fingerprint density at radius 3 is 2.46 bits per heavy atom. The second-order valence-corrected chi connectivity index (χ2v) is 5.67. The molecule has 0 saturated carbocycles. The Balaban J connectivity index is 2.02. The van der Waals surface area contributed by atoms with Gasteiger partial charge in [0.2, 0.25) is 0 Å². The first-order valence-electron chi connectivity index (χ1n) is 7.86. The van der Waals surface area contributed by atoms with Gasteiger partial charge in [-0.2, -0.15) is 0 Å². The fourth-order valence-corrected chi connectivity index (χ4v) is 2.52. The van der Waals surface area contributed by atoms with Gasteiger partial charge in [-0.15, -0.1) is 0 Å². The van der Waals surface area contributed by atoms with Gasteiger partial charge >= 0.3 is 6.03 Å². The highest BCUT2D eigenvalue weighted by molar-refractivity contribution is 5.74. The van der Waals surface area contributed by atoms with E-state index < -0.39 is 6.04 Å². The highest BCUT2D eigenvalue weighted by Crippen LogP contribution is 2.22. The SMILES string of the molecule is COc1ccc(C(CO)N(C)C(=O)NCc2ccccc2C)cc1. The van der Waals surface area contributed by atoms with E-state index in [1.807, 2.05) is 55.5 Å². The summed E-state index contributed by atoms with van der Waals surface area (Å²) in [6.45, 7) is 2.32. The number of benzene rings is 2. The molecule has 2 amide bonds. The number of nitrogens with one attached hydrogen (secondary N) is 1. The zero-order chi connectivity index (χ0) is 17.5. The molecular formula is C19H24N2O3. The first-order valence-corrected chi connectivity index (χ1v) is 7.86. The third kappa shape index (κ3) is 4.26. The molecule has 0 spiro atoms. The number of aryl methyl sites for hydroxylation is 1. The molecule has 0 aliphatic heterocycles. The van der Waals surface area contributed by atoms with Crippen molar-refractivity contribution in [2.45, 2.75) is 19.5 Å². The van der Waals surface area contributed by atoms with Crippen LogP contribution in [0, 0.1) is 6.92 Å². The number of carbonyl (C=O) groups excluding carboxylic acids is 1. The van der Waals surface area contributed by atoms with Crippen molar-refractivity contribution >= 4 is 6.03 Å². The lowest BCUT2D eigenvalue weighted by Crippen LogP contribution is -2.40. The lowest BCUT2D eigenvalue weighted by Gasteiger charge is -2.27. The normalized spacial score (nSPS) is 11.7. The van der Waals surface area contributed by atoms with Crippen LogP contribution in [0.5, 0.6) is 5.75 Å². The number of urea groups is 1. The fourth-order valence-electron chi connectivity index (χ4n) is 2.52. The topological polar surface area (TPSA) is 61.8 Å². The summed E-state index contributed by atoms with van der Waals surface area (Å²) in [7, 11) is 3.28. The summed E-state index contributed by atoms with van der Waals surface area (Å²) in [5, 5.41) is 12.6. The maximum Gasteiger partial charge on any atom is 0.318 e. The van der Waals surface area contributed by atoms with E-state index in [1.165, 1.54) is 4.90 Å². The molecule has 0 heterocycles. The van der Waals surface area contributed by atoms with E-state index in [0.29, 0.717) is 6.54 Å². The molecule has 0 aliphatic rings. The summed E-state index contributed by atoms with van der Waals surface area (Å²) in [5.41, 5.74) is 3.06. The smallest absolute Gasteiger partial charge is 0.318 e. The van der Waals surface area contributed by atoms with Gasteiger partial charge in [-0.25, -0.2) is 4.79 Å². The van der Waals surface area contributed by atoms with Crippen LogP contribution in [0.1, 0.15) is 22.7 Å². The fraction of sp³-hybridized carbons (Fsp3) is 0.316. The van der Waals surface area contributed by atoms with Crippen molar-refractivity contribution in [2.24, 2.45) is 0 Å². The number of ether oxygens (including phenoxy) is 1. The molecule has 24 heavy (non-hydrogen) atoms. The summed E-state index contributed by atoms with van der Waals surface area (Å²) in [5.74, 6) is 0.738. The van der Waals surface area contributed by atoms with E-state index >= 15 is 0 Å². The van der Waals surface area contributed by atoms with Gasteiger partial charge in [-0.05, 0) is 35.7 Å². The Hall–Kier alpha value is -2.53. The summed E-state index contributed by atoms with van der Waals surface area (Å²) in [6, 6.07) is 14.6. The van der Waals surface area contributed by atoms with Crippen LogP contribution in [0.4, 0.5) is 4.79 Å². The van der Waals surface area contributed by atoms with E-state index in [2.05, 4.69) is 5.32 Å². The van der Waals surface area contributed by atoms with Crippen molar-refractivity contribution in [1.29, 1.82) is 0 Å². The highest BCUT2D eigenvalue weighted by Gasteiger charge is 2.21. The van der Waals surface area contributed by atoms with Crippen molar-refractivity contribution in [1.82, 2.24) is 10.2 Å².